The van der Waals surface area contributed by atoms with Crippen LogP contribution in [0.4, 0.5) is 15.3 Å². The molecule has 2 atom stereocenters. The van der Waals surface area contributed by atoms with E-state index in [9.17, 15) is 22.8 Å². The molecule has 3 rings (SSSR count). The van der Waals surface area contributed by atoms with Crippen LogP contribution in [0.3, 0.4) is 0 Å². The van der Waals surface area contributed by atoms with Gasteiger partial charge in [-0.3, -0.25) is 4.79 Å². The standard InChI is InChI=1S/C22H27N7O6S/c1-28(14-19-24-21(31)26-25-19)36(33,34)27-22(32)23-18(13-15-7-5-4-6-8-15)20(30)29(2)16-9-11-17(35-3)12-10-16/h4-12,18-19H,13-14H2,1-3H3,(H,24,31)(H2,23,27,32)/t18-,19?/m0/s1. The molecule has 1 aliphatic rings. The lowest BCUT2D eigenvalue weighted by atomic mass is 10.0. The number of nitrogens with one attached hydrogen (secondary N) is 3. The third-order valence-corrected chi connectivity index (χ3v) is 6.73. The van der Waals surface area contributed by atoms with Gasteiger partial charge in [-0.15, -0.1) is 0 Å². The molecule has 2 aromatic rings. The second-order valence-corrected chi connectivity index (χ2v) is 9.66. The smallest absolute Gasteiger partial charge is 0.361 e. The normalized spacial score (nSPS) is 15.8. The third kappa shape index (κ3) is 6.99. The summed E-state index contributed by atoms with van der Waals surface area (Å²) in [7, 11) is -0.0195. The van der Waals surface area contributed by atoms with Crippen molar-refractivity contribution >= 4 is 33.9 Å². The number of urea groups is 2. The summed E-state index contributed by atoms with van der Waals surface area (Å²) >= 11 is 0. The number of rotatable bonds is 10. The Kier molecular flexibility index (Phi) is 8.55. The van der Waals surface area contributed by atoms with Gasteiger partial charge in [0.15, 0.2) is 6.17 Å². The van der Waals surface area contributed by atoms with E-state index in [0.29, 0.717) is 11.4 Å². The molecular weight excluding hydrogens is 490 g/mol. The van der Waals surface area contributed by atoms with Crippen molar-refractivity contribution in [1.29, 1.82) is 0 Å². The number of ether oxygens (including phenoxy) is 1. The number of benzene rings is 2. The van der Waals surface area contributed by atoms with E-state index in [1.54, 1.807) is 55.6 Å². The molecule has 36 heavy (non-hydrogen) atoms. The molecule has 13 nitrogen and oxygen atoms in total. The first-order valence-electron chi connectivity index (χ1n) is 10.8. The summed E-state index contributed by atoms with van der Waals surface area (Å²) in [6.07, 6.45) is -0.745. The second-order valence-electron chi connectivity index (χ2n) is 7.88. The van der Waals surface area contributed by atoms with Crippen LogP contribution >= 0.6 is 0 Å². The topological polar surface area (TPSA) is 162 Å². The Labute approximate surface area is 208 Å². The van der Waals surface area contributed by atoms with E-state index >= 15 is 0 Å². The van der Waals surface area contributed by atoms with E-state index in [4.69, 9.17) is 4.74 Å². The zero-order valence-corrected chi connectivity index (χ0v) is 20.7. The lowest BCUT2D eigenvalue weighted by molar-refractivity contribution is -0.120. The van der Waals surface area contributed by atoms with Crippen LogP contribution in [0.1, 0.15) is 5.56 Å². The maximum atomic E-state index is 13.3. The SMILES string of the molecule is COc1ccc(N(C)C(=O)[C@H](Cc2ccccc2)NC(=O)NS(=O)(=O)N(C)CC2N=NC(=O)N2)cc1. The first kappa shape index (κ1) is 26.6. The predicted octanol–water partition coefficient (Wildman–Crippen LogP) is 1.25. The van der Waals surface area contributed by atoms with Crippen LogP contribution < -0.4 is 25.0 Å². The Hall–Kier alpha value is -4.04. The summed E-state index contributed by atoms with van der Waals surface area (Å²) < 4.78 is 33.0. The minimum Gasteiger partial charge on any atom is -0.497 e. The molecule has 0 aromatic heterocycles. The summed E-state index contributed by atoms with van der Waals surface area (Å²) in [5.74, 6) is 0.157. The van der Waals surface area contributed by atoms with Gasteiger partial charge in [0, 0.05) is 26.2 Å². The van der Waals surface area contributed by atoms with Crippen molar-refractivity contribution in [1.82, 2.24) is 19.7 Å². The molecule has 0 saturated carbocycles. The predicted molar refractivity (Wildman–Crippen MR) is 131 cm³/mol. The highest BCUT2D eigenvalue weighted by atomic mass is 32.2. The summed E-state index contributed by atoms with van der Waals surface area (Å²) in [5.41, 5.74) is 1.32. The first-order valence-corrected chi connectivity index (χ1v) is 12.2. The van der Waals surface area contributed by atoms with Crippen molar-refractivity contribution in [3.05, 3.63) is 60.2 Å². The zero-order chi connectivity index (χ0) is 26.3. The lowest BCUT2D eigenvalue weighted by Crippen LogP contribution is -2.54. The van der Waals surface area contributed by atoms with Crippen LogP contribution in [-0.2, 0) is 21.4 Å². The Morgan fingerprint density at radius 2 is 1.78 bits per heavy atom. The van der Waals surface area contributed by atoms with Crippen LogP contribution in [0.5, 0.6) is 5.75 Å². The molecule has 5 amide bonds. The van der Waals surface area contributed by atoms with E-state index in [-0.39, 0.29) is 13.0 Å². The van der Waals surface area contributed by atoms with Gasteiger partial charge in [-0.1, -0.05) is 35.4 Å². The largest absolute Gasteiger partial charge is 0.497 e. The highest BCUT2D eigenvalue weighted by Crippen LogP contribution is 2.19. The minimum absolute atomic E-state index is 0.123. The fourth-order valence-electron chi connectivity index (χ4n) is 3.35. The van der Waals surface area contributed by atoms with Crippen molar-refractivity contribution in [3.8, 4) is 5.75 Å². The molecule has 0 fully saturated rings. The molecule has 192 valence electrons. The van der Waals surface area contributed by atoms with Gasteiger partial charge >= 0.3 is 22.3 Å². The fraction of sp³-hybridized carbons (Fsp3) is 0.318. The number of nitrogens with zero attached hydrogens (tertiary/aromatic N) is 4. The molecule has 1 aliphatic heterocycles. The van der Waals surface area contributed by atoms with E-state index in [1.165, 1.54) is 19.1 Å². The monoisotopic (exact) mass is 517 g/mol. The van der Waals surface area contributed by atoms with Crippen LogP contribution in [0.2, 0.25) is 0 Å². The number of anilines is 1. The van der Waals surface area contributed by atoms with Crippen molar-refractivity contribution in [3.63, 3.8) is 0 Å². The number of hydrogen-bond acceptors (Lipinski definition) is 7. The Morgan fingerprint density at radius 1 is 1.11 bits per heavy atom. The number of carbonyl (C=O) groups excluding carboxylic acids is 3. The molecular formula is C22H27N7O6S. The van der Waals surface area contributed by atoms with Gasteiger partial charge in [-0.2, -0.15) is 17.8 Å². The van der Waals surface area contributed by atoms with Gasteiger partial charge in [0.05, 0.1) is 13.7 Å². The third-order valence-electron chi connectivity index (χ3n) is 5.32. The molecule has 0 saturated heterocycles. The maximum Gasteiger partial charge on any atom is 0.361 e. The van der Waals surface area contributed by atoms with Crippen LogP contribution in [-0.4, -0.2) is 70.6 Å². The molecule has 2 aromatic carbocycles. The summed E-state index contributed by atoms with van der Waals surface area (Å²) in [4.78, 5) is 38.5. The number of carbonyl (C=O) groups is 3. The van der Waals surface area contributed by atoms with Crippen LogP contribution in [0.25, 0.3) is 0 Å². The van der Waals surface area contributed by atoms with Crippen molar-refractivity contribution in [2.45, 2.75) is 18.6 Å². The molecule has 1 heterocycles. The quantitative estimate of drug-likeness (QED) is 0.430. The Morgan fingerprint density at radius 3 is 2.36 bits per heavy atom. The van der Waals surface area contributed by atoms with Crippen molar-refractivity contribution < 1.29 is 27.5 Å². The van der Waals surface area contributed by atoms with E-state index in [0.717, 1.165) is 9.87 Å². The van der Waals surface area contributed by atoms with Gasteiger partial charge in [-0.25, -0.2) is 14.3 Å². The number of hydrogen-bond donors (Lipinski definition) is 3. The second kappa shape index (κ2) is 11.6. The highest BCUT2D eigenvalue weighted by Gasteiger charge is 2.30. The lowest BCUT2D eigenvalue weighted by Gasteiger charge is -2.26. The Bertz CT molecular complexity index is 1220. The number of amides is 5. The maximum absolute atomic E-state index is 13.3. The average molecular weight is 518 g/mol. The number of methoxy groups -OCH3 is 1. The molecule has 14 heteroatoms. The van der Waals surface area contributed by atoms with E-state index in [2.05, 4.69) is 20.9 Å². The molecule has 3 N–H and O–H groups in total. The highest BCUT2D eigenvalue weighted by molar-refractivity contribution is 7.87. The average Bonchev–Trinajstić information content (AvgIpc) is 3.27. The van der Waals surface area contributed by atoms with E-state index in [1.807, 2.05) is 10.8 Å². The molecule has 0 aliphatic carbocycles. The summed E-state index contributed by atoms with van der Waals surface area (Å²) in [6, 6.07) is 12.9. The van der Waals surface area contributed by atoms with Crippen LogP contribution in [0.15, 0.2) is 64.8 Å². The fourth-order valence-corrected chi connectivity index (χ4v) is 4.13. The van der Waals surface area contributed by atoms with Gasteiger partial charge in [0.25, 0.3) is 0 Å². The zero-order valence-electron chi connectivity index (χ0n) is 19.9. The Balaban J connectivity index is 1.72. The molecule has 0 spiro atoms. The summed E-state index contributed by atoms with van der Waals surface area (Å²) in [5, 5.41) is 11.7. The van der Waals surface area contributed by atoms with Gasteiger partial charge in [0.2, 0.25) is 5.91 Å². The minimum atomic E-state index is -4.31. The number of likely N-dealkylation sites (N-methyl/N-ethyl adjacent to an activating group) is 2. The molecule has 0 bridgehead atoms. The number of azo groups is 1. The summed E-state index contributed by atoms with van der Waals surface area (Å²) in [6.45, 7) is -0.246. The van der Waals surface area contributed by atoms with E-state index < -0.39 is 40.4 Å². The van der Waals surface area contributed by atoms with Gasteiger partial charge < -0.3 is 20.3 Å². The molecule has 1 unspecified atom stereocenters. The van der Waals surface area contributed by atoms with Gasteiger partial charge in [0.1, 0.15) is 11.8 Å². The van der Waals surface area contributed by atoms with Crippen molar-refractivity contribution in [2.24, 2.45) is 10.2 Å². The first-order chi connectivity index (χ1) is 17.1. The van der Waals surface area contributed by atoms with Crippen LogP contribution in [0, 0.1) is 0 Å². The molecule has 0 radical (unpaired) electrons. The van der Waals surface area contributed by atoms with Crippen molar-refractivity contribution in [2.75, 3.05) is 32.6 Å². The van der Waals surface area contributed by atoms with Gasteiger partial charge in [-0.05, 0) is 29.8 Å².